The van der Waals surface area contributed by atoms with Crippen molar-refractivity contribution in [2.75, 3.05) is 13.1 Å². The lowest BCUT2D eigenvalue weighted by atomic mass is 9.75. The molecule has 3 amide bonds. The van der Waals surface area contributed by atoms with Gasteiger partial charge in [-0.3, -0.25) is 4.79 Å². The van der Waals surface area contributed by atoms with E-state index in [1.165, 1.54) is 6.92 Å². The van der Waals surface area contributed by atoms with E-state index < -0.39 is 17.5 Å². The molecule has 7 nitrogen and oxygen atoms in total. The van der Waals surface area contributed by atoms with E-state index in [1.54, 1.807) is 0 Å². The van der Waals surface area contributed by atoms with E-state index in [0.29, 0.717) is 25.3 Å². The van der Waals surface area contributed by atoms with Gasteiger partial charge in [0.15, 0.2) is 0 Å². The SMILES string of the molecule is CCC1CCC(NC(=O)NCCNC(C)=O)(C(=O)O)CC1. The van der Waals surface area contributed by atoms with Crippen molar-refractivity contribution in [2.24, 2.45) is 5.92 Å². The molecule has 0 heterocycles. The van der Waals surface area contributed by atoms with Gasteiger partial charge in [-0.2, -0.15) is 0 Å². The Morgan fingerprint density at radius 2 is 1.71 bits per heavy atom. The summed E-state index contributed by atoms with van der Waals surface area (Å²) < 4.78 is 0. The van der Waals surface area contributed by atoms with Crippen molar-refractivity contribution >= 4 is 17.9 Å². The zero-order valence-electron chi connectivity index (χ0n) is 12.7. The van der Waals surface area contributed by atoms with Crippen molar-refractivity contribution < 1.29 is 19.5 Å². The molecule has 0 spiro atoms. The predicted molar refractivity (Wildman–Crippen MR) is 77.8 cm³/mol. The van der Waals surface area contributed by atoms with Crippen LogP contribution in [0.3, 0.4) is 0 Å². The fraction of sp³-hybridized carbons (Fsp3) is 0.786. The summed E-state index contributed by atoms with van der Waals surface area (Å²) in [5, 5.41) is 17.2. The highest BCUT2D eigenvalue weighted by atomic mass is 16.4. The average molecular weight is 299 g/mol. The van der Waals surface area contributed by atoms with E-state index in [0.717, 1.165) is 19.3 Å². The topological polar surface area (TPSA) is 108 Å². The molecule has 7 heteroatoms. The lowest BCUT2D eigenvalue weighted by Gasteiger charge is -2.37. The van der Waals surface area contributed by atoms with Crippen molar-refractivity contribution in [3.63, 3.8) is 0 Å². The van der Waals surface area contributed by atoms with Gasteiger partial charge in [0, 0.05) is 20.0 Å². The molecular weight excluding hydrogens is 274 g/mol. The minimum Gasteiger partial charge on any atom is -0.480 e. The molecule has 1 fully saturated rings. The van der Waals surface area contributed by atoms with Crippen LogP contribution in [0, 0.1) is 5.92 Å². The molecule has 0 atom stereocenters. The quantitative estimate of drug-likeness (QED) is 0.545. The van der Waals surface area contributed by atoms with Crippen molar-refractivity contribution in [3.8, 4) is 0 Å². The predicted octanol–water partition coefficient (Wildman–Crippen LogP) is 0.845. The highest BCUT2D eigenvalue weighted by Gasteiger charge is 2.42. The molecule has 1 saturated carbocycles. The van der Waals surface area contributed by atoms with Gasteiger partial charge in [0.05, 0.1) is 0 Å². The van der Waals surface area contributed by atoms with E-state index in [2.05, 4.69) is 22.9 Å². The minimum absolute atomic E-state index is 0.169. The minimum atomic E-state index is -1.16. The second-order valence-electron chi connectivity index (χ2n) is 5.60. The summed E-state index contributed by atoms with van der Waals surface area (Å²) in [6.45, 7) is 4.08. The number of carbonyl (C=O) groups excluding carboxylic acids is 2. The van der Waals surface area contributed by atoms with E-state index in [9.17, 15) is 19.5 Å². The van der Waals surface area contributed by atoms with Gasteiger partial charge in [-0.25, -0.2) is 9.59 Å². The normalized spacial score (nSPS) is 25.0. The number of nitrogens with one attached hydrogen (secondary N) is 3. The molecule has 0 aromatic rings. The highest BCUT2D eigenvalue weighted by Crippen LogP contribution is 2.33. The first-order valence-electron chi connectivity index (χ1n) is 7.43. The van der Waals surface area contributed by atoms with E-state index in [-0.39, 0.29) is 12.5 Å². The van der Waals surface area contributed by atoms with Gasteiger partial charge < -0.3 is 21.1 Å². The van der Waals surface area contributed by atoms with E-state index >= 15 is 0 Å². The van der Waals surface area contributed by atoms with Gasteiger partial charge in [0.2, 0.25) is 5.91 Å². The molecule has 0 saturated heterocycles. The van der Waals surface area contributed by atoms with Crippen LogP contribution >= 0.6 is 0 Å². The molecule has 0 bridgehead atoms. The smallest absolute Gasteiger partial charge is 0.329 e. The van der Waals surface area contributed by atoms with Crippen LogP contribution in [0.1, 0.15) is 46.0 Å². The summed E-state index contributed by atoms with van der Waals surface area (Å²) in [6.07, 6.45) is 3.59. The molecule has 21 heavy (non-hydrogen) atoms. The van der Waals surface area contributed by atoms with Gasteiger partial charge in [0.25, 0.3) is 0 Å². The van der Waals surface area contributed by atoms with Crippen molar-refractivity contribution in [1.29, 1.82) is 0 Å². The van der Waals surface area contributed by atoms with Gasteiger partial charge in [-0.1, -0.05) is 13.3 Å². The van der Waals surface area contributed by atoms with Crippen LogP contribution in [0.5, 0.6) is 0 Å². The number of carbonyl (C=O) groups is 3. The number of amides is 3. The second-order valence-corrected chi connectivity index (χ2v) is 5.60. The van der Waals surface area contributed by atoms with Crippen LogP contribution in [0.2, 0.25) is 0 Å². The third-order valence-corrected chi connectivity index (χ3v) is 4.08. The fourth-order valence-corrected chi connectivity index (χ4v) is 2.65. The van der Waals surface area contributed by atoms with Crippen molar-refractivity contribution in [3.05, 3.63) is 0 Å². The maximum atomic E-state index is 11.8. The Kier molecular flexibility index (Phi) is 6.45. The van der Waals surface area contributed by atoms with Crippen LogP contribution in [0.25, 0.3) is 0 Å². The Labute approximate surface area is 124 Å². The highest BCUT2D eigenvalue weighted by molar-refractivity contribution is 5.86. The standard InChI is InChI=1S/C14H25N3O4/c1-3-11-4-6-14(7-5-11,12(19)20)17-13(21)16-9-8-15-10(2)18/h11H,3-9H2,1-2H3,(H,15,18)(H,19,20)(H2,16,17,21). The summed E-state index contributed by atoms with van der Waals surface area (Å²) in [5.41, 5.74) is -1.16. The number of aliphatic carboxylic acids is 1. The first-order valence-corrected chi connectivity index (χ1v) is 7.43. The van der Waals surface area contributed by atoms with Crippen molar-refractivity contribution in [1.82, 2.24) is 16.0 Å². The van der Waals surface area contributed by atoms with Gasteiger partial charge in [0.1, 0.15) is 5.54 Å². The van der Waals surface area contributed by atoms with Crippen LogP contribution in [-0.2, 0) is 9.59 Å². The Morgan fingerprint density at radius 1 is 1.14 bits per heavy atom. The van der Waals surface area contributed by atoms with Crippen LogP contribution in [0.4, 0.5) is 4.79 Å². The van der Waals surface area contributed by atoms with Gasteiger partial charge in [-0.05, 0) is 31.6 Å². The molecular formula is C14H25N3O4. The van der Waals surface area contributed by atoms with Crippen LogP contribution in [-0.4, -0.2) is 41.6 Å². The summed E-state index contributed by atoms with van der Waals surface area (Å²) in [5.74, 6) is -0.603. The van der Waals surface area contributed by atoms with Crippen molar-refractivity contribution in [2.45, 2.75) is 51.5 Å². The number of rotatable bonds is 6. The number of hydrogen-bond donors (Lipinski definition) is 4. The number of carboxylic acids is 1. The number of urea groups is 1. The average Bonchev–Trinajstić information content (AvgIpc) is 2.44. The van der Waals surface area contributed by atoms with Gasteiger partial charge in [-0.15, -0.1) is 0 Å². The lowest BCUT2D eigenvalue weighted by Crippen LogP contribution is -2.59. The molecule has 0 aliphatic heterocycles. The Balaban J connectivity index is 2.46. The molecule has 1 aliphatic carbocycles. The Hall–Kier alpha value is -1.79. The third-order valence-electron chi connectivity index (χ3n) is 4.08. The molecule has 0 unspecified atom stereocenters. The van der Waals surface area contributed by atoms with E-state index in [1.807, 2.05) is 0 Å². The monoisotopic (exact) mass is 299 g/mol. The number of carboxylic acid groups (broad SMARTS) is 1. The maximum absolute atomic E-state index is 11.8. The Morgan fingerprint density at radius 3 is 2.19 bits per heavy atom. The largest absolute Gasteiger partial charge is 0.480 e. The molecule has 0 radical (unpaired) electrons. The third kappa shape index (κ3) is 5.24. The summed E-state index contributed by atoms with van der Waals surface area (Å²) in [4.78, 5) is 34.0. The molecule has 1 aliphatic rings. The Bertz CT molecular complexity index is 390. The first kappa shape index (κ1) is 17.3. The molecule has 4 N–H and O–H groups in total. The number of hydrogen-bond acceptors (Lipinski definition) is 3. The summed E-state index contributed by atoms with van der Waals surface area (Å²) in [6, 6.07) is -0.502. The fourth-order valence-electron chi connectivity index (χ4n) is 2.65. The maximum Gasteiger partial charge on any atom is 0.329 e. The zero-order chi connectivity index (χ0) is 15.9. The molecule has 0 aromatic carbocycles. The molecule has 1 rings (SSSR count). The van der Waals surface area contributed by atoms with Gasteiger partial charge >= 0.3 is 12.0 Å². The lowest BCUT2D eigenvalue weighted by molar-refractivity contribution is -0.146. The zero-order valence-corrected chi connectivity index (χ0v) is 12.7. The molecule has 0 aromatic heterocycles. The summed E-state index contributed by atoms with van der Waals surface area (Å²) in [7, 11) is 0. The molecule has 120 valence electrons. The van der Waals surface area contributed by atoms with E-state index in [4.69, 9.17) is 0 Å². The van der Waals surface area contributed by atoms with Crippen LogP contribution < -0.4 is 16.0 Å². The summed E-state index contributed by atoms with van der Waals surface area (Å²) >= 11 is 0. The second kappa shape index (κ2) is 7.85. The van der Waals surface area contributed by atoms with Crippen LogP contribution in [0.15, 0.2) is 0 Å². The first-order chi connectivity index (χ1) is 9.89.